The van der Waals surface area contributed by atoms with Crippen LogP contribution in [0.1, 0.15) is 35.0 Å². The molecular formula is C17H16F3N3O. The number of hydrogen-bond acceptors (Lipinski definition) is 4. The molecule has 4 rings (SSSR count). The van der Waals surface area contributed by atoms with E-state index in [0.29, 0.717) is 24.4 Å². The number of nitrogens with one attached hydrogen (secondary N) is 1. The molecule has 1 N–H and O–H groups in total. The third kappa shape index (κ3) is 3.01. The first-order valence-corrected chi connectivity index (χ1v) is 7.85. The number of fused-ring (bicyclic) bond motifs is 2. The van der Waals surface area contributed by atoms with Crippen LogP contribution in [-0.2, 0) is 17.3 Å². The maximum atomic E-state index is 12.5. The van der Waals surface area contributed by atoms with Gasteiger partial charge in [-0.1, -0.05) is 24.3 Å². The molecule has 0 saturated carbocycles. The van der Waals surface area contributed by atoms with Gasteiger partial charge in [-0.15, -0.1) is 0 Å². The molecule has 2 aliphatic heterocycles. The van der Waals surface area contributed by atoms with Crippen LogP contribution in [-0.4, -0.2) is 28.7 Å². The van der Waals surface area contributed by atoms with Gasteiger partial charge >= 0.3 is 6.18 Å². The fourth-order valence-corrected chi connectivity index (χ4v) is 3.28. The number of benzene rings is 1. The number of hydrogen-bond donors (Lipinski definition) is 1. The van der Waals surface area contributed by atoms with E-state index in [9.17, 15) is 13.2 Å². The molecule has 2 saturated heterocycles. The van der Waals surface area contributed by atoms with Crippen LogP contribution in [0.15, 0.2) is 36.7 Å². The molecule has 3 heterocycles. The summed E-state index contributed by atoms with van der Waals surface area (Å²) in [4.78, 5) is 7.61. The summed E-state index contributed by atoms with van der Waals surface area (Å²) in [5, 5.41) is 3.44. The molecule has 7 heteroatoms. The quantitative estimate of drug-likeness (QED) is 0.937. The van der Waals surface area contributed by atoms with E-state index in [4.69, 9.17) is 4.74 Å². The third-order valence-corrected chi connectivity index (χ3v) is 4.53. The van der Waals surface area contributed by atoms with Crippen molar-refractivity contribution < 1.29 is 17.9 Å². The highest BCUT2D eigenvalue weighted by Crippen LogP contribution is 2.36. The lowest BCUT2D eigenvalue weighted by molar-refractivity contribution is -0.138. The number of alkyl halides is 3. The Hall–Kier alpha value is -1.99. The van der Waals surface area contributed by atoms with Crippen molar-refractivity contribution in [2.45, 2.75) is 37.3 Å². The Bertz CT molecular complexity index is 715. The number of aromatic nitrogens is 2. The summed E-state index contributed by atoms with van der Waals surface area (Å²) in [5.74, 6) is 0.369. The molecule has 1 aromatic heterocycles. The van der Waals surface area contributed by atoms with Gasteiger partial charge in [-0.25, -0.2) is 9.97 Å². The molecule has 2 aliphatic rings. The molecule has 2 bridgehead atoms. The molecule has 0 radical (unpaired) electrons. The standard InChI is InChI=1S/C17H16F3N3O/c18-17(19,20)12-7-22-15(23-8-12)5-10-1-3-11(4-2-10)16-14-6-13(24-16)9-21-14/h1-4,7-8,13-14,16,21H,5-6,9H2/t13-,14-,16+/m1/s1. The second-order valence-corrected chi connectivity index (χ2v) is 6.23. The lowest BCUT2D eigenvalue weighted by atomic mass is 10.0. The molecule has 0 unspecified atom stereocenters. The maximum Gasteiger partial charge on any atom is 0.419 e. The molecule has 0 amide bonds. The van der Waals surface area contributed by atoms with Crippen molar-refractivity contribution in [3.8, 4) is 0 Å². The SMILES string of the molecule is FC(F)(F)c1cnc(Cc2ccc([C@@H]3O[C@H]4CN[C@@H]3C4)cc2)nc1. The topological polar surface area (TPSA) is 47.0 Å². The van der Waals surface area contributed by atoms with Crippen molar-refractivity contribution in [2.24, 2.45) is 0 Å². The number of rotatable bonds is 3. The zero-order valence-corrected chi connectivity index (χ0v) is 12.8. The van der Waals surface area contributed by atoms with Crippen LogP contribution in [0, 0.1) is 0 Å². The van der Waals surface area contributed by atoms with Crippen LogP contribution in [0.5, 0.6) is 0 Å². The van der Waals surface area contributed by atoms with Crippen LogP contribution >= 0.6 is 0 Å². The van der Waals surface area contributed by atoms with Gasteiger partial charge in [0.15, 0.2) is 0 Å². The van der Waals surface area contributed by atoms with Gasteiger partial charge in [0.05, 0.1) is 17.8 Å². The predicted octanol–water partition coefficient (Wildman–Crippen LogP) is 2.89. The Balaban J connectivity index is 1.44. The summed E-state index contributed by atoms with van der Waals surface area (Å²) in [6, 6.07) is 8.29. The number of morpholine rings is 1. The molecule has 2 fully saturated rings. The Labute approximate surface area is 137 Å². The summed E-state index contributed by atoms with van der Waals surface area (Å²) < 4.78 is 43.5. The van der Waals surface area contributed by atoms with Crippen LogP contribution in [0.4, 0.5) is 13.2 Å². The average molecular weight is 335 g/mol. The molecular weight excluding hydrogens is 319 g/mol. The summed E-state index contributed by atoms with van der Waals surface area (Å²) in [5.41, 5.74) is 1.24. The number of ether oxygens (including phenoxy) is 1. The zero-order valence-electron chi connectivity index (χ0n) is 12.8. The third-order valence-electron chi connectivity index (χ3n) is 4.53. The van der Waals surface area contributed by atoms with Crippen LogP contribution in [0.2, 0.25) is 0 Å². The minimum Gasteiger partial charge on any atom is -0.367 e. The normalized spacial score (nSPS) is 26.0. The Morgan fingerprint density at radius 3 is 2.38 bits per heavy atom. The van der Waals surface area contributed by atoms with Crippen molar-refractivity contribution in [1.29, 1.82) is 0 Å². The Morgan fingerprint density at radius 2 is 1.83 bits per heavy atom. The highest BCUT2D eigenvalue weighted by molar-refractivity contribution is 5.28. The van der Waals surface area contributed by atoms with Crippen LogP contribution in [0.25, 0.3) is 0 Å². The lowest BCUT2D eigenvalue weighted by Gasteiger charge is -2.23. The van der Waals surface area contributed by atoms with Gasteiger partial charge in [-0.3, -0.25) is 0 Å². The van der Waals surface area contributed by atoms with E-state index in [1.165, 1.54) is 0 Å². The van der Waals surface area contributed by atoms with E-state index in [2.05, 4.69) is 15.3 Å². The minimum absolute atomic E-state index is 0.0834. The summed E-state index contributed by atoms with van der Waals surface area (Å²) >= 11 is 0. The largest absolute Gasteiger partial charge is 0.419 e. The highest BCUT2D eigenvalue weighted by Gasteiger charge is 2.41. The van der Waals surface area contributed by atoms with Gasteiger partial charge in [0.25, 0.3) is 0 Å². The highest BCUT2D eigenvalue weighted by atomic mass is 19.4. The molecule has 3 atom stereocenters. The average Bonchev–Trinajstić information content (AvgIpc) is 3.18. The first kappa shape index (κ1) is 15.5. The second-order valence-electron chi connectivity index (χ2n) is 6.23. The summed E-state index contributed by atoms with van der Waals surface area (Å²) in [6.07, 6.45) is -0.924. The molecule has 126 valence electrons. The first-order valence-electron chi connectivity index (χ1n) is 7.85. The van der Waals surface area contributed by atoms with Gasteiger partial charge in [0.2, 0.25) is 0 Å². The Kier molecular flexibility index (Phi) is 3.77. The molecule has 2 aromatic rings. The predicted molar refractivity (Wildman–Crippen MR) is 80.3 cm³/mol. The van der Waals surface area contributed by atoms with E-state index in [1.54, 1.807) is 0 Å². The van der Waals surface area contributed by atoms with Crippen molar-refractivity contribution in [3.05, 3.63) is 59.2 Å². The van der Waals surface area contributed by atoms with E-state index in [1.807, 2.05) is 24.3 Å². The number of halogens is 3. The summed E-state index contributed by atoms with van der Waals surface area (Å²) in [6.45, 7) is 0.921. The van der Waals surface area contributed by atoms with Gasteiger partial charge in [0.1, 0.15) is 5.82 Å². The van der Waals surface area contributed by atoms with Crippen molar-refractivity contribution in [2.75, 3.05) is 6.54 Å². The van der Waals surface area contributed by atoms with Crippen LogP contribution in [0.3, 0.4) is 0 Å². The maximum absolute atomic E-state index is 12.5. The van der Waals surface area contributed by atoms with Gasteiger partial charge in [-0.2, -0.15) is 13.2 Å². The molecule has 4 nitrogen and oxygen atoms in total. The van der Waals surface area contributed by atoms with Gasteiger partial charge in [0, 0.05) is 31.4 Å². The molecule has 1 aromatic carbocycles. The second kappa shape index (κ2) is 5.82. The van der Waals surface area contributed by atoms with Gasteiger partial charge < -0.3 is 10.1 Å². The lowest BCUT2D eigenvalue weighted by Crippen LogP contribution is -2.33. The molecule has 24 heavy (non-hydrogen) atoms. The smallest absolute Gasteiger partial charge is 0.367 e. The monoisotopic (exact) mass is 335 g/mol. The Morgan fingerprint density at radius 1 is 1.12 bits per heavy atom. The van der Waals surface area contributed by atoms with Crippen molar-refractivity contribution in [1.82, 2.24) is 15.3 Å². The fourth-order valence-electron chi connectivity index (χ4n) is 3.28. The van der Waals surface area contributed by atoms with E-state index < -0.39 is 11.7 Å². The van der Waals surface area contributed by atoms with E-state index in [0.717, 1.165) is 36.5 Å². The molecule has 0 aliphatic carbocycles. The van der Waals surface area contributed by atoms with Gasteiger partial charge in [-0.05, 0) is 17.5 Å². The zero-order chi connectivity index (χ0) is 16.7. The van der Waals surface area contributed by atoms with Crippen LogP contribution < -0.4 is 5.32 Å². The first-order chi connectivity index (χ1) is 11.5. The molecule has 0 spiro atoms. The van der Waals surface area contributed by atoms with E-state index >= 15 is 0 Å². The van der Waals surface area contributed by atoms with E-state index in [-0.39, 0.29) is 6.10 Å². The van der Waals surface area contributed by atoms with Crippen molar-refractivity contribution in [3.63, 3.8) is 0 Å². The summed E-state index contributed by atoms with van der Waals surface area (Å²) in [7, 11) is 0. The van der Waals surface area contributed by atoms with Crippen molar-refractivity contribution >= 4 is 0 Å². The number of nitrogens with zero attached hydrogens (tertiary/aromatic N) is 2. The fraction of sp³-hybridized carbons (Fsp3) is 0.412. The minimum atomic E-state index is -4.41.